The zero-order valence-electron chi connectivity index (χ0n) is 15.5. The van der Waals surface area contributed by atoms with Gasteiger partial charge in [0.05, 0.1) is 24.4 Å². The maximum Gasteiger partial charge on any atom is 0.415 e. The molecule has 1 heterocycles. The number of carbonyl (C=O) groups is 2. The van der Waals surface area contributed by atoms with Gasteiger partial charge >= 0.3 is 12.1 Å². The Morgan fingerprint density at radius 2 is 1.69 bits per heavy atom. The van der Waals surface area contributed by atoms with Crippen LogP contribution < -0.4 is 4.90 Å². The molecule has 3 rings (SSSR count). The summed E-state index contributed by atoms with van der Waals surface area (Å²) < 4.78 is 10.4. The highest BCUT2D eigenvalue weighted by atomic mass is 16.6. The summed E-state index contributed by atoms with van der Waals surface area (Å²) in [6.07, 6.45) is 0.331. The van der Waals surface area contributed by atoms with Crippen molar-refractivity contribution < 1.29 is 19.1 Å². The largest absolute Gasteiger partial charge is 0.465 e. The summed E-state index contributed by atoms with van der Waals surface area (Å²) in [5.74, 6) is -0.379. The SMILES string of the molecule is COC(=O)c1ccc(C2Cc3ccccc3N2C(=O)OC(C)(C)C)cc1. The fraction of sp³-hybridized carbons (Fsp3) is 0.333. The van der Waals surface area contributed by atoms with Crippen molar-refractivity contribution in [3.05, 3.63) is 65.2 Å². The van der Waals surface area contributed by atoms with E-state index in [-0.39, 0.29) is 18.1 Å². The molecule has 1 atom stereocenters. The number of hydrogen-bond acceptors (Lipinski definition) is 4. The normalized spacial score (nSPS) is 16.2. The summed E-state index contributed by atoms with van der Waals surface area (Å²) in [5.41, 5.74) is 2.81. The van der Waals surface area contributed by atoms with E-state index >= 15 is 0 Å². The number of hydrogen-bond donors (Lipinski definition) is 0. The Morgan fingerprint density at radius 3 is 2.31 bits per heavy atom. The van der Waals surface area contributed by atoms with Crippen molar-refractivity contribution in [1.29, 1.82) is 0 Å². The van der Waals surface area contributed by atoms with E-state index in [0.29, 0.717) is 12.0 Å². The van der Waals surface area contributed by atoms with Crippen molar-refractivity contribution in [3.8, 4) is 0 Å². The molecule has 0 spiro atoms. The first-order valence-electron chi connectivity index (χ1n) is 8.58. The molecule has 0 radical (unpaired) electrons. The average Bonchev–Trinajstić information content (AvgIpc) is 2.99. The highest BCUT2D eigenvalue weighted by molar-refractivity contribution is 5.92. The Balaban J connectivity index is 1.95. The van der Waals surface area contributed by atoms with Crippen LogP contribution in [0.3, 0.4) is 0 Å². The first-order valence-corrected chi connectivity index (χ1v) is 8.58. The van der Waals surface area contributed by atoms with Crippen molar-refractivity contribution >= 4 is 17.7 Å². The summed E-state index contributed by atoms with van der Waals surface area (Å²) in [6, 6.07) is 14.8. The van der Waals surface area contributed by atoms with Crippen molar-refractivity contribution in [2.24, 2.45) is 0 Å². The van der Waals surface area contributed by atoms with Gasteiger partial charge in [-0.05, 0) is 56.5 Å². The molecule has 2 aromatic carbocycles. The summed E-state index contributed by atoms with van der Waals surface area (Å²) in [4.78, 5) is 26.2. The second kappa shape index (κ2) is 6.83. The standard InChI is InChI=1S/C21H23NO4/c1-21(2,3)26-20(24)22-17-8-6-5-7-16(17)13-18(22)14-9-11-15(12-10-14)19(23)25-4/h5-12,18H,13H2,1-4H3. The molecule has 0 aromatic heterocycles. The zero-order chi connectivity index (χ0) is 18.9. The maximum atomic E-state index is 12.9. The third-order valence-electron chi connectivity index (χ3n) is 4.28. The Bertz CT molecular complexity index is 821. The van der Waals surface area contributed by atoms with Gasteiger partial charge in [0.25, 0.3) is 0 Å². The monoisotopic (exact) mass is 353 g/mol. The van der Waals surface area contributed by atoms with Gasteiger partial charge in [-0.3, -0.25) is 4.90 Å². The molecule has 5 nitrogen and oxygen atoms in total. The van der Waals surface area contributed by atoms with Crippen LogP contribution in [-0.4, -0.2) is 24.8 Å². The van der Waals surface area contributed by atoms with E-state index < -0.39 is 5.60 Å². The van der Waals surface area contributed by atoms with E-state index in [1.807, 2.05) is 57.2 Å². The molecule has 26 heavy (non-hydrogen) atoms. The number of carbonyl (C=O) groups excluding carboxylic acids is 2. The number of rotatable bonds is 2. The number of amides is 1. The van der Waals surface area contributed by atoms with E-state index in [1.165, 1.54) is 7.11 Å². The molecular weight excluding hydrogens is 330 g/mol. The van der Waals surface area contributed by atoms with Crippen molar-refractivity contribution in [3.63, 3.8) is 0 Å². The van der Waals surface area contributed by atoms with Gasteiger partial charge in [0.1, 0.15) is 5.60 Å². The zero-order valence-corrected chi connectivity index (χ0v) is 15.5. The Kier molecular flexibility index (Phi) is 4.72. The first kappa shape index (κ1) is 18.0. The summed E-state index contributed by atoms with van der Waals surface area (Å²) in [6.45, 7) is 5.56. The van der Waals surface area contributed by atoms with Gasteiger partial charge in [-0.25, -0.2) is 9.59 Å². The maximum absolute atomic E-state index is 12.9. The van der Waals surface area contributed by atoms with E-state index in [2.05, 4.69) is 0 Å². The van der Waals surface area contributed by atoms with Crippen LogP contribution in [0, 0.1) is 0 Å². The summed E-state index contributed by atoms with van der Waals surface area (Å²) >= 11 is 0. The summed E-state index contributed by atoms with van der Waals surface area (Å²) in [7, 11) is 1.36. The van der Waals surface area contributed by atoms with E-state index in [9.17, 15) is 9.59 Å². The van der Waals surface area contributed by atoms with Crippen molar-refractivity contribution in [2.45, 2.75) is 38.8 Å². The Morgan fingerprint density at radius 1 is 1.04 bits per heavy atom. The quantitative estimate of drug-likeness (QED) is 0.745. The van der Waals surface area contributed by atoms with E-state index in [1.54, 1.807) is 17.0 Å². The molecule has 1 amide bonds. The first-order chi connectivity index (χ1) is 12.3. The molecule has 0 fully saturated rings. The van der Waals surface area contributed by atoms with E-state index in [4.69, 9.17) is 9.47 Å². The number of methoxy groups -OCH3 is 1. The molecule has 1 aliphatic rings. The Hall–Kier alpha value is -2.82. The number of benzene rings is 2. The molecule has 1 aliphatic heterocycles. The number of nitrogens with zero attached hydrogens (tertiary/aromatic N) is 1. The van der Waals surface area contributed by atoms with Gasteiger partial charge in [-0.15, -0.1) is 0 Å². The third kappa shape index (κ3) is 3.57. The second-order valence-corrected chi connectivity index (χ2v) is 7.31. The smallest absolute Gasteiger partial charge is 0.415 e. The van der Waals surface area contributed by atoms with Gasteiger partial charge in [-0.1, -0.05) is 30.3 Å². The lowest BCUT2D eigenvalue weighted by atomic mass is 10.0. The summed E-state index contributed by atoms with van der Waals surface area (Å²) in [5, 5.41) is 0. The molecule has 0 N–H and O–H groups in total. The molecule has 0 aliphatic carbocycles. The third-order valence-corrected chi connectivity index (χ3v) is 4.28. The van der Waals surface area contributed by atoms with Crippen LogP contribution >= 0.6 is 0 Å². The average molecular weight is 353 g/mol. The molecule has 1 unspecified atom stereocenters. The van der Waals surface area contributed by atoms with Crippen LogP contribution in [0.1, 0.15) is 48.3 Å². The molecule has 5 heteroatoms. The molecular formula is C21H23NO4. The topological polar surface area (TPSA) is 55.8 Å². The van der Waals surface area contributed by atoms with E-state index in [0.717, 1.165) is 16.8 Å². The second-order valence-electron chi connectivity index (χ2n) is 7.31. The number of fused-ring (bicyclic) bond motifs is 1. The molecule has 136 valence electrons. The van der Waals surface area contributed by atoms with Gasteiger partial charge in [-0.2, -0.15) is 0 Å². The predicted octanol–water partition coefficient (Wildman–Crippen LogP) is 4.51. The fourth-order valence-electron chi connectivity index (χ4n) is 3.15. The van der Waals surface area contributed by atoms with Crippen LogP contribution in [0.15, 0.2) is 48.5 Å². The lowest BCUT2D eigenvalue weighted by Gasteiger charge is -2.29. The van der Waals surface area contributed by atoms with Crippen molar-refractivity contribution in [1.82, 2.24) is 0 Å². The fourth-order valence-corrected chi connectivity index (χ4v) is 3.15. The number of anilines is 1. The van der Waals surface area contributed by atoms with Gasteiger partial charge in [0, 0.05) is 0 Å². The van der Waals surface area contributed by atoms with Crippen LogP contribution in [-0.2, 0) is 15.9 Å². The minimum absolute atomic E-state index is 0.172. The van der Waals surface area contributed by atoms with Crippen LogP contribution in [0.2, 0.25) is 0 Å². The highest BCUT2D eigenvalue weighted by Crippen LogP contribution is 2.41. The predicted molar refractivity (Wildman–Crippen MR) is 99.4 cm³/mol. The molecule has 0 saturated carbocycles. The molecule has 0 bridgehead atoms. The van der Waals surface area contributed by atoms with Crippen LogP contribution in [0.25, 0.3) is 0 Å². The molecule has 0 saturated heterocycles. The highest BCUT2D eigenvalue weighted by Gasteiger charge is 2.37. The van der Waals surface area contributed by atoms with Crippen molar-refractivity contribution in [2.75, 3.05) is 12.0 Å². The van der Waals surface area contributed by atoms with Gasteiger partial charge in [0.15, 0.2) is 0 Å². The Labute approximate surface area is 153 Å². The number of ether oxygens (including phenoxy) is 2. The number of esters is 1. The van der Waals surface area contributed by atoms with Crippen LogP contribution in [0.4, 0.5) is 10.5 Å². The minimum Gasteiger partial charge on any atom is -0.465 e. The lowest BCUT2D eigenvalue weighted by molar-refractivity contribution is 0.0565. The number of para-hydroxylation sites is 1. The van der Waals surface area contributed by atoms with Gasteiger partial charge in [0.2, 0.25) is 0 Å². The lowest BCUT2D eigenvalue weighted by Crippen LogP contribution is -2.37. The van der Waals surface area contributed by atoms with Crippen LogP contribution in [0.5, 0.6) is 0 Å². The minimum atomic E-state index is -0.575. The molecule has 2 aromatic rings. The van der Waals surface area contributed by atoms with Gasteiger partial charge < -0.3 is 9.47 Å².